The van der Waals surface area contributed by atoms with Gasteiger partial charge in [0.25, 0.3) is 0 Å². The van der Waals surface area contributed by atoms with Crippen molar-refractivity contribution in [2.75, 3.05) is 4.90 Å². The summed E-state index contributed by atoms with van der Waals surface area (Å²) in [5.41, 5.74) is 7.08. The van der Waals surface area contributed by atoms with Crippen LogP contribution in [-0.2, 0) is 0 Å². The average Bonchev–Trinajstić information content (AvgIpc) is 3.69. The molecule has 0 spiro atoms. The van der Waals surface area contributed by atoms with Crippen LogP contribution in [0.1, 0.15) is 0 Å². The normalized spacial score (nSPS) is 11.8. The molecule has 2 aromatic heterocycles. The Morgan fingerprint density at radius 2 is 1.02 bits per heavy atom. The largest absolute Gasteiger partial charge is 0.310 e. The Morgan fingerprint density at radius 1 is 0.426 bits per heavy atom. The van der Waals surface area contributed by atoms with Crippen LogP contribution in [0.2, 0.25) is 0 Å². The van der Waals surface area contributed by atoms with Gasteiger partial charge in [0.1, 0.15) is 0 Å². The maximum atomic E-state index is 2.54. The molecule has 0 aliphatic rings. The third-order valence-corrected chi connectivity index (χ3v) is 10.7. The van der Waals surface area contributed by atoms with Crippen molar-refractivity contribution >= 4 is 91.9 Å². The van der Waals surface area contributed by atoms with Crippen molar-refractivity contribution in [2.24, 2.45) is 0 Å². The topological polar surface area (TPSA) is 8.17 Å². The predicted molar refractivity (Wildman–Crippen MR) is 203 cm³/mol. The summed E-state index contributed by atoms with van der Waals surface area (Å²) < 4.78 is 5.18. The lowest BCUT2D eigenvalue weighted by atomic mass is 9.98. The summed E-state index contributed by atoms with van der Waals surface area (Å²) in [6.45, 7) is 0. The highest BCUT2D eigenvalue weighted by Gasteiger charge is 2.23. The zero-order valence-electron chi connectivity index (χ0n) is 25.5. The van der Waals surface area contributed by atoms with Gasteiger partial charge in [-0.05, 0) is 70.8 Å². The molecule has 0 amide bonds. The van der Waals surface area contributed by atoms with Crippen molar-refractivity contribution in [1.29, 1.82) is 0 Å². The van der Waals surface area contributed by atoms with Crippen LogP contribution in [0.25, 0.3) is 69.2 Å². The van der Waals surface area contributed by atoms with E-state index in [4.69, 9.17) is 0 Å². The van der Waals surface area contributed by atoms with Crippen molar-refractivity contribution in [2.45, 2.75) is 0 Å². The molecule has 0 atom stereocenters. The molecule has 220 valence electrons. The molecule has 3 heteroatoms. The number of nitrogens with zero attached hydrogens (tertiary/aromatic N) is 2. The van der Waals surface area contributed by atoms with Crippen LogP contribution in [0.4, 0.5) is 17.1 Å². The zero-order valence-corrected chi connectivity index (χ0v) is 26.3. The van der Waals surface area contributed by atoms with Gasteiger partial charge in [0, 0.05) is 48.7 Å². The van der Waals surface area contributed by atoms with E-state index in [0.717, 1.165) is 17.1 Å². The highest BCUT2D eigenvalue weighted by Crippen LogP contribution is 2.49. The van der Waals surface area contributed by atoms with Crippen molar-refractivity contribution in [3.8, 4) is 5.69 Å². The summed E-state index contributed by atoms with van der Waals surface area (Å²) in [4.78, 5) is 2.36. The van der Waals surface area contributed by atoms with Crippen molar-refractivity contribution in [3.05, 3.63) is 170 Å². The van der Waals surface area contributed by atoms with E-state index in [9.17, 15) is 0 Å². The Labute approximate surface area is 276 Å². The number of benzene rings is 8. The lowest BCUT2D eigenvalue weighted by molar-refractivity contribution is 1.20. The Balaban J connectivity index is 1.41. The van der Waals surface area contributed by atoms with Crippen LogP contribution in [0.5, 0.6) is 0 Å². The highest BCUT2D eigenvalue weighted by molar-refractivity contribution is 7.27. The number of hydrogen-bond donors (Lipinski definition) is 0. The number of para-hydroxylation sites is 2. The molecule has 0 saturated carbocycles. The number of hydrogen-bond acceptors (Lipinski definition) is 2. The first-order valence-electron chi connectivity index (χ1n) is 16.0. The van der Waals surface area contributed by atoms with Gasteiger partial charge in [-0.25, -0.2) is 0 Å². The Bertz CT molecular complexity index is 2750. The molecule has 0 radical (unpaired) electrons. The molecule has 0 unspecified atom stereocenters. The molecular weight excluding hydrogens is 589 g/mol. The highest BCUT2D eigenvalue weighted by atomic mass is 32.1. The summed E-state index contributed by atoms with van der Waals surface area (Å²) in [5.74, 6) is 0. The van der Waals surface area contributed by atoms with Gasteiger partial charge in [0.2, 0.25) is 0 Å². The van der Waals surface area contributed by atoms with Crippen LogP contribution in [-0.4, -0.2) is 4.57 Å². The van der Waals surface area contributed by atoms with Gasteiger partial charge >= 0.3 is 0 Å². The molecule has 10 aromatic rings. The van der Waals surface area contributed by atoms with Gasteiger partial charge < -0.3 is 9.47 Å². The van der Waals surface area contributed by atoms with Crippen LogP contribution >= 0.6 is 11.3 Å². The number of rotatable bonds is 4. The molecule has 0 bridgehead atoms. The fraction of sp³-hybridized carbons (Fsp3) is 0. The van der Waals surface area contributed by atoms with Crippen molar-refractivity contribution < 1.29 is 0 Å². The summed E-state index contributed by atoms with van der Waals surface area (Å²) in [5, 5.41) is 10.3. The molecule has 10 rings (SSSR count). The first kappa shape index (κ1) is 26.3. The van der Waals surface area contributed by atoms with E-state index in [1.807, 2.05) is 11.3 Å². The van der Waals surface area contributed by atoms with Gasteiger partial charge in [-0.3, -0.25) is 0 Å². The third-order valence-electron chi connectivity index (χ3n) is 9.52. The second-order valence-electron chi connectivity index (χ2n) is 12.1. The summed E-state index contributed by atoms with van der Waals surface area (Å²) in [6.07, 6.45) is 0. The first-order valence-corrected chi connectivity index (χ1v) is 16.9. The van der Waals surface area contributed by atoms with Crippen LogP contribution in [0, 0.1) is 0 Å². The van der Waals surface area contributed by atoms with E-state index >= 15 is 0 Å². The smallest absolute Gasteiger partial charge is 0.0726 e. The quantitative estimate of drug-likeness (QED) is 0.191. The summed E-state index contributed by atoms with van der Waals surface area (Å²) in [6, 6.07) is 61.7. The SMILES string of the molecule is c1ccc(N(c2ccccc2)c2ccc3c(c2)c2c4ccccc4c4c5ccccc5sc4c2n3-c2cccc3ccccc23)cc1. The third kappa shape index (κ3) is 3.90. The van der Waals surface area contributed by atoms with Crippen molar-refractivity contribution in [1.82, 2.24) is 4.57 Å². The average molecular weight is 617 g/mol. The fourth-order valence-electron chi connectivity index (χ4n) is 7.56. The fourth-order valence-corrected chi connectivity index (χ4v) is 8.82. The monoisotopic (exact) mass is 616 g/mol. The maximum absolute atomic E-state index is 2.54. The number of aromatic nitrogens is 1. The van der Waals surface area contributed by atoms with E-state index in [2.05, 4.69) is 179 Å². The van der Waals surface area contributed by atoms with E-state index < -0.39 is 0 Å². The molecule has 0 aliphatic heterocycles. The molecule has 0 aliphatic carbocycles. The number of anilines is 3. The molecular formula is C44H28N2S. The Kier molecular flexibility index (Phi) is 5.78. The minimum Gasteiger partial charge on any atom is -0.310 e. The first-order chi connectivity index (χ1) is 23.3. The van der Waals surface area contributed by atoms with Crippen LogP contribution in [0.15, 0.2) is 170 Å². The molecule has 0 saturated heterocycles. The summed E-state index contributed by atoms with van der Waals surface area (Å²) in [7, 11) is 0. The van der Waals surface area contributed by atoms with E-state index in [1.165, 1.54) is 69.2 Å². The second kappa shape index (κ2) is 10.3. The second-order valence-corrected chi connectivity index (χ2v) is 13.2. The zero-order chi connectivity index (χ0) is 30.9. The molecule has 0 N–H and O–H groups in total. The minimum atomic E-state index is 1.13. The molecule has 2 nitrogen and oxygen atoms in total. The van der Waals surface area contributed by atoms with Gasteiger partial charge in [-0.1, -0.05) is 115 Å². The Hall–Kier alpha value is -5.90. The van der Waals surface area contributed by atoms with Gasteiger partial charge in [0.05, 0.1) is 21.4 Å². The van der Waals surface area contributed by atoms with E-state index in [0.29, 0.717) is 0 Å². The van der Waals surface area contributed by atoms with Crippen LogP contribution in [0.3, 0.4) is 0 Å². The predicted octanol–water partition coefficient (Wildman–Crippen LogP) is 12.9. The summed E-state index contributed by atoms with van der Waals surface area (Å²) >= 11 is 1.91. The van der Waals surface area contributed by atoms with E-state index in [-0.39, 0.29) is 0 Å². The lowest BCUT2D eigenvalue weighted by Crippen LogP contribution is -2.09. The maximum Gasteiger partial charge on any atom is 0.0726 e. The van der Waals surface area contributed by atoms with Crippen molar-refractivity contribution in [3.63, 3.8) is 0 Å². The molecule has 2 heterocycles. The van der Waals surface area contributed by atoms with Gasteiger partial charge in [-0.15, -0.1) is 11.3 Å². The Morgan fingerprint density at radius 3 is 1.77 bits per heavy atom. The van der Waals surface area contributed by atoms with E-state index in [1.54, 1.807) is 0 Å². The number of fused-ring (bicyclic) bond motifs is 11. The minimum absolute atomic E-state index is 1.13. The molecule has 47 heavy (non-hydrogen) atoms. The van der Waals surface area contributed by atoms with Gasteiger partial charge in [-0.2, -0.15) is 0 Å². The lowest BCUT2D eigenvalue weighted by Gasteiger charge is -2.25. The van der Waals surface area contributed by atoms with Crippen LogP contribution < -0.4 is 4.90 Å². The standard InChI is InChI=1S/C44H28N2S/c1-3-16-30(17-4-1)45(31-18-5-2-6-19-31)32-26-27-39-37(28-32)41-34-21-9-10-22-35(34)42-36-23-11-12-25-40(36)47-44(42)43(41)46(39)38-24-13-15-29-14-7-8-20-33(29)38/h1-28H. The van der Waals surface area contributed by atoms with Gasteiger partial charge in [0.15, 0.2) is 0 Å². The molecule has 0 fully saturated rings. The number of thiophene rings is 1. The molecule has 8 aromatic carbocycles.